The molecule has 0 spiro atoms. The Hall–Kier alpha value is 0.270. The van der Waals surface area contributed by atoms with E-state index in [1.54, 1.807) is 0 Å². The Morgan fingerprint density at radius 2 is 2.07 bits per heavy atom. The maximum atomic E-state index is 9.96. The first-order chi connectivity index (χ1) is 6.77. The van der Waals surface area contributed by atoms with Crippen molar-refractivity contribution in [3.8, 4) is 0 Å². The number of hydrogen-bond acceptors (Lipinski definition) is 3. The van der Waals surface area contributed by atoms with Crippen LogP contribution in [0.4, 0.5) is 0 Å². The summed E-state index contributed by atoms with van der Waals surface area (Å²) in [5, 5.41) is 10.7. The van der Waals surface area contributed by atoms with Crippen molar-refractivity contribution in [1.82, 2.24) is 4.90 Å². The number of nitrogens with zero attached hydrogens (tertiary/aromatic N) is 1. The summed E-state index contributed by atoms with van der Waals surface area (Å²) in [7, 11) is 0. The molecule has 1 unspecified atom stereocenters. The van der Waals surface area contributed by atoms with E-state index in [4.69, 9.17) is 0 Å². The molecular weight excluding hydrogens is 194 g/mol. The van der Waals surface area contributed by atoms with Crippen molar-refractivity contribution >= 4 is 11.8 Å². The van der Waals surface area contributed by atoms with Crippen molar-refractivity contribution in [1.29, 1.82) is 0 Å². The molecule has 0 aromatic carbocycles. The molecule has 14 heavy (non-hydrogen) atoms. The van der Waals surface area contributed by atoms with Crippen LogP contribution >= 0.6 is 11.8 Å². The molecule has 2 fully saturated rings. The van der Waals surface area contributed by atoms with E-state index in [2.05, 4.69) is 23.6 Å². The van der Waals surface area contributed by atoms with Crippen LogP contribution in [0.25, 0.3) is 0 Å². The lowest BCUT2D eigenvalue weighted by atomic mass is 9.91. The Balaban J connectivity index is 1.91. The Kier molecular flexibility index (Phi) is 3.74. The van der Waals surface area contributed by atoms with Crippen molar-refractivity contribution in [2.75, 3.05) is 18.8 Å². The first-order valence-electron chi connectivity index (χ1n) is 5.81. The standard InChI is InChI=1S/C11H21NOS/c1-9-8-12(6-7-14-9)10-4-2-3-5-11(10)13/h9-11,13H,2-8H2,1H3/t9?,10-,11-/m1/s1. The van der Waals surface area contributed by atoms with Crippen LogP contribution in [0.15, 0.2) is 0 Å². The molecule has 1 heterocycles. The zero-order chi connectivity index (χ0) is 9.97. The lowest BCUT2D eigenvalue weighted by Gasteiger charge is -2.41. The van der Waals surface area contributed by atoms with E-state index >= 15 is 0 Å². The molecule has 1 aliphatic heterocycles. The Morgan fingerprint density at radius 1 is 1.29 bits per heavy atom. The van der Waals surface area contributed by atoms with Gasteiger partial charge in [-0.05, 0) is 12.8 Å². The second-order valence-corrected chi connectivity index (χ2v) is 6.14. The van der Waals surface area contributed by atoms with Gasteiger partial charge in [0.25, 0.3) is 0 Å². The summed E-state index contributed by atoms with van der Waals surface area (Å²) in [6.45, 7) is 4.65. The van der Waals surface area contributed by atoms with Crippen molar-refractivity contribution in [2.24, 2.45) is 0 Å². The smallest absolute Gasteiger partial charge is 0.0695 e. The highest BCUT2D eigenvalue weighted by Gasteiger charge is 2.30. The maximum absolute atomic E-state index is 9.96. The second-order valence-electron chi connectivity index (χ2n) is 4.60. The number of thioether (sulfide) groups is 1. The predicted octanol–water partition coefficient (Wildman–Crippen LogP) is 1.73. The Labute approximate surface area is 91.1 Å². The van der Waals surface area contributed by atoms with E-state index in [9.17, 15) is 5.11 Å². The molecule has 0 radical (unpaired) electrons. The van der Waals surface area contributed by atoms with E-state index in [1.165, 1.54) is 38.1 Å². The quantitative estimate of drug-likeness (QED) is 0.720. The van der Waals surface area contributed by atoms with E-state index in [1.807, 2.05) is 0 Å². The van der Waals surface area contributed by atoms with Crippen molar-refractivity contribution < 1.29 is 5.11 Å². The fraction of sp³-hybridized carbons (Fsp3) is 1.00. The minimum Gasteiger partial charge on any atom is -0.391 e. The molecule has 82 valence electrons. The molecule has 2 rings (SSSR count). The van der Waals surface area contributed by atoms with E-state index in [-0.39, 0.29) is 6.10 Å². The molecule has 2 nitrogen and oxygen atoms in total. The van der Waals surface area contributed by atoms with Crippen LogP contribution in [0.5, 0.6) is 0 Å². The van der Waals surface area contributed by atoms with Gasteiger partial charge in [-0.25, -0.2) is 0 Å². The van der Waals surface area contributed by atoms with Crippen LogP contribution in [0.2, 0.25) is 0 Å². The van der Waals surface area contributed by atoms with Gasteiger partial charge in [0.2, 0.25) is 0 Å². The highest BCUT2D eigenvalue weighted by Crippen LogP contribution is 2.27. The number of rotatable bonds is 1. The molecule has 1 saturated carbocycles. The first kappa shape index (κ1) is 10.8. The molecule has 1 aliphatic carbocycles. The average Bonchev–Trinajstić information content (AvgIpc) is 2.18. The molecule has 0 bridgehead atoms. The summed E-state index contributed by atoms with van der Waals surface area (Å²) >= 11 is 2.06. The zero-order valence-corrected chi connectivity index (χ0v) is 9.80. The van der Waals surface area contributed by atoms with Gasteiger partial charge < -0.3 is 5.11 Å². The van der Waals surface area contributed by atoms with Crippen LogP contribution in [-0.4, -0.2) is 46.2 Å². The summed E-state index contributed by atoms with van der Waals surface area (Å²) in [5.41, 5.74) is 0. The van der Waals surface area contributed by atoms with Gasteiger partial charge in [0, 0.05) is 30.1 Å². The predicted molar refractivity (Wildman–Crippen MR) is 61.8 cm³/mol. The van der Waals surface area contributed by atoms with Crippen molar-refractivity contribution in [3.63, 3.8) is 0 Å². The van der Waals surface area contributed by atoms with Gasteiger partial charge in [-0.2, -0.15) is 11.8 Å². The molecule has 1 saturated heterocycles. The number of aliphatic hydroxyl groups excluding tert-OH is 1. The average molecular weight is 215 g/mol. The highest BCUT2D eigenvalue weighted by atomic mass is 32.2. The largest absolute Gasteiger partial charge is 0.391 e. The van der Waals surface area contributed by atoms with Gasteiger partial charge in [0.15, 0.2) is 0 Å². The third-order valence-corrected chi connectivity index (χ3v) is 4.57. The molecular formula is C11H21NOS. The molecule has 0 aromatic heterocycles. The summed E-state index contributed by atoms with van der Waals surface area (Å²) in [6, 6.07) is 0.465. The third kappa shape index (κ3) is 2.44. The summed E-state index contributed by atoms with van der Waals surface area (Å²) < 4.78 is 0. The fourth-order valence-corrected chi connectivity index (χ4v) is 3.70. The molecule has 0 aromatic rings. The van der Waals surface area contributed by atoms with E-state index < -0.39 is 0 Å². The van der Waals surface area contributed by atoms with Gasteiger partial charge >= 0.3 is 0 Å². The topological polar surface area (TPSA) is 23.5 Å². The van der Waals surface area contributed by atoms with Crippen molar-refractivity contribution in [3.05, 3.63) is 0 Å². The molecule has 3 heteroatoms. The van der Waals surface area contributed by atoms with Crippen LogP contribution < -0.4 is 0 Å². The lowest BCUT2D eigenvalue weighted by Crippen LogP contribution is -2.50. The van der Waals surface area contributed by atoms with Gasteiger partial charge in [-0.1, -0.05) is 19.8 Å². The van der Waals surface area contributed by atoms with E-state index in [0.29, 0.717) is 6.04 Å². The van der Waals surface area contributed by atoms with Crippen LogP contribution in [-0.2, 0) is 0 Å². The molecule has 1 N–H and O–H groups in total. The second kappa shape index (κ2) is 4.86. The Morgan fingerprint density at radius 3 is 2.79 bits per heavy atom. The van der Waals surface area contributed by atoms with Crippen molar-refractivity contribution in [2.45, 2.75) is 50.0 Å². The summed E-state index contributed by atoms with van der Waals surface area (Å²) in [6.07, 6.45) is 4.69. The van der Waals surface area contributed by atoms with Crippen LogP contribution in [0.1, 0.15) is 32.6 Å². The normalized spacial score (nSPS) is 41.1. The monoisotopic (exact) mass is 215 g/mol. The third-order valence-electron chi connectivity index (χ3n) is 3.44. The number of hydrogen-bond donors (Lipinski definition) is 1. The SMILES string of the molecule is CC1CN([C@@H]2CCCC[C@H]2O)CCS1. The van der Waals surface area contributed by atoms with Crippen LogP contribution in [0, 0.1) is 0 Å². The fourth-order valence-electron chi connectivity index (χ4n) is 2.66. The highest BCUT2D eigenvalue weighted by molar-refractivity contribution is 7.99. The van der Waals surface area contributed by atoms with Gasteiger partial charge in [0.1, 0.15) is 0 Å². The molecule has 0 amide bonds. The minimum atomic E-state index is -0.0564. The van der Waals surface area contributed by atoms with Crippen LogP contribution in [0.3, 0.4) is 0 Å². The summed E-state index contributed by atoms with van der Waals surface area (Å²) in [4.78, 5) is 2.52. The molecule has 3 atom stereocenters. The summed E-state index contributed by atoms with van der Waals surface area (Å²) in [5.74, 6) is 1.24. The number of aliphatic hydroxyl groups is 1. The van der Waals surface area contributed by atoms with Gasteiger partial charge in [-0.3, -0.25) is 4.90 Å². The van der Waals surface area contributed by atoms with E-state index in [0.717, 1.165) is 11.7 Å². The minimum absolute atomic E-state index is 0.0564. The zero-order valence-electron chi connectivity index (χ0n) is 8.98. The first-order valence-corrected chi connectivity index (χ1v) is 6.86. The Bertz CT molecular complexity index is 188. The maximum Gasteiger partial charge on any atom is 0.0695 e. The lowest BCUT2D eigenvalue weighted by molar-refractivity contribution is 0.0219. The van der Waals surface area contributed by atoms with Gasteiger partial charge in [0.05, 0.1) is 6.10 Å². The van der Waals surface area contributed by atoms with Gasteiger partial charge in [-0.15, -0.1) is 0 Å². The molecule has 2 aliphatic rings.